The smallest absolute Gasteiger partial charge is 0.338 e. The highest BCUT2D eigenvalue weighted by Crippen LogP contribution is 2.22. The minimum Gasteiger partial charge on any atom is -0.452 e. The number of rotatable bonds is 5. The number of esters is 1. The van der Waals surface area contributed by atoms with Crippen LogP contribution in [-0.4, -0.2) is 25.0 Å². The molecule has 0 aliphatic heterocycles. The van der Waals surface area contributed by atoms with Gasteiger partial charge in [0.2, 0.25) is 0 Å². The molecule has 0 aliphatic carbocycles. The normalized spacial score (nSPS) is 9.53. The highest BCUT2D eigenvalue weighted by Gasteiger charge is 2.11. The van der Waals surface area contributed by atoms with Crippen molar-refractivity contribution in [1.29, 1.82) is 5.26 Å². The van der Waals surface area contributed by atoms with Crippen LogP contribution in [0, 0.1) is 11.3 Å². The van der Waals surface area contributed by atoms with Crippen molar-refractivity contribution in [3.8, 4) is 6.07 Å². The van der Waals surface area contributed by atoms with Gasteiger partial charge >= 0.3 is 5.97 Å². The van der Waals surface area contributed by atoms with E-state index in [0.29, 0.717) is 5.02 Å². The third-order valence-electron chi connectivity index (χ3n) is 2.05. The lowest BCUT2D eigenvalue weighted by atomic mass is 10.2. The van der Waals surface area contributed by atoms with Crippen LogP contribution in [0.25, 0.3) is 0 Å². The number of benzene rings is 1. The maximum atomic E-state index is 11.6. The van der Waals surface area contributed by atoms with Crippen molar-refractivity contribution in [2.45, 2.75) is 6.42 Å². The lowest BCUT2D eigenvalue weighted by Gasteiger charge is -2.06. The number of nitrogens with one attached hydrogen (secondary N) is 1. The van der Waals surface area contributed by atoms with Gasteiger partial charge in [-0.25, -0.2) is 4.79 Å². The summed E-state index contributed by atoms with van der Waals surface area (Å²) in [5.41, 5.74) is 0.208. The molecule has 1 aromatic carbocycles. The molecule has 0 bridgehead atoms. The van der Waals surface area contributed by atoms with Crippen molar-refractivity contribution < 1.29 is 14.3 Å². The fourth-order valence-electron chi connectivity index (χ4n) is 1.15. The highest BCUT2D eigenvalue weighted by atomic mass is 35.5. The second kappa shape index (κ2) is 7.62. The van der Waals surface area contributed by atoms with Gasteiger partial charge in [-0.1, -0.05) is 23.2 Å². The molecule has 1 rings (SSSR count). The van der Waals surface area contributed by atoms with E-state index < -0.39 is 18.5 Å². The molecule has 0 unspecified atom stereocenters. The average Bonchev–Trinajstić information content (AvgIpc) is 2.39. The monoisotopic (exact) mass is 300 g/mol. The Kier molecular flexibility index (Phi) is 6.13. The second-order valence-corrected chi connectivity index (χ2v) is 4.28. The Morgan fingerprint density at radius 3 is 2.68 bits per heavy atom. The number of ether oxygens (including phenoxy) is 1. The SMILES string of the molecule is N#CCCNC(=O)COC(=O)c1ccc(Cl)c(Cl)c1. The fraction of sp³-hybridized carbons (Fsp3) is 0.250. The van der Waals surface area contributed by atoms with Gasteiger partial charge in [-0.3, -0.25) is 4.79 Å². The molecule has 0 heterocycles. The summed E-state index contributed by atoms with van der Waals surface area (Å²) in [6, 6.07) is 6.15. The van der Waals surface area contributed by atoms with Crippen molar-refractivity contribution >= 4 is 35.1 Å². The first kappa shape index (κ1) is 15.3. The minimum absolute atomic E-state index is 0.201. The summed E-state index contributed by atoms with van der Waals surface area (Å²) in [7, 11) is 0. The molecule has 0 fully saturated rings. The molecule has 0 spiro atoms. The summed E-state index contributed by atoms with van der Waals surface area (Å²) < 4.78 is 4.78. The summed E-state index contributed by atoms with van der Waals surface area (Å²) in [5, 5.41) is 11.3. The summed E-state index contributed by atoms with van der Waals surface area (Å²) in [6.45, 7) is -0.190. The summed E-state index contributed by atoms with van der Waals surface area (Å²) in [4.78, 5) is 22.8. The standard InChI is InChI=1S/C12H10Cl2N2O3/c13-9-3-2-8(6-10(9)14)12(18)19-7-11(17)16-5-1-4-15/h2-3,6H,1,5,7H2,(H,16,17). The maximum Gasteiger partial charge on any atom is 0.338 e. The third kappa shape index (κ3) is 5.16. The quantitative estimate of drug-likeness (QED) is 0.668. The molecule has 0 atom stereocenters. The molecule has 0 aromatic heterocycles. The van der Waals surface area contributed by atoms with Gasteiger partial charge < -0.3 is 10.1 Å². The lowest BCUT2D eigenvalue weighted by Crippen LogP contribution is -2.29. The Balaban J connectivity index is 2.45. The molecule has 100 valence electrons. The maximum absolute atomic E-state index is 11.6. The Morgan fingerprint density at radius 1 is 1.32 bits per heavy atom. The minimum atomic E-state index is -0.672. The molecule has 19 heavy (non-hydrogen) atoms. The van der Waals surface area contributed by atoms with E-state index in [0.717, 1.165) is 0 Å². The molecule has 7 heteroatoms. The van der Waals surface area contributed by atoms with Crippen LogP contribution < -0.4 is 5.32 Å². The van der Waals surface area contributed by atoms with Gasteiger partial charge in [0.15, 0.2) is 6.61 Å². The van der Waals surface area contributed by atoms with Crippen LogP contribution in [0.15, 0.2) is 18.2 Å². The summed E-state index contributed by atoms with van der Waals surface area (Å²) in [5.74, 6) is -1.14. The van der Waals surface area contributed by atoms with E-state index in [1.54, 1.807) is 0 Å². The number of carbonyl (C=O) groups is 2. The zero-order chi connectivity index (χ0) is 14.3. The van der Waals surface area contributed by atoms with Crippen molar-refractivity contribution in [3.05, 3.63) is 33.8 Å². The molecule has 0 saturated heterocycles. The van der Waals surface area contributed by atoms with Gasteiger partial charge in [0, 0.05) is 6.54 Å². The first-order chi connectivity index (χ1) is 9.04. The van der Waals surface area contributed by atoms with Gasteiger partial charge in [0.05, 0.1) is 28.1 Å². The Labute approximate surface area is 120 Å². The van der Waals surface area contributed by atoms with Crippen molar-refractivity contribution in [2.24, 2.45) is 0 Å². The van der Waals surface area contributed by atoms with Crippen LogP contribution in [0.5, 0.6) is 0 Å². The molecular weight excluding hydrogens is 291 g/mol. The van der Waals surface area contributed by atoms with Crippen LogP contribution >= 0.6 is 23.2 Å². The number of nitriles is 1. The average molecular weight is 301 g/mol. The van der Waals surface area contributed by atoms with Gasteiger partial charge in [-0.2, -0.15) is 5.26 Å². The molecule has 0 radical (unpaired) electrons. The first-order valence-electron chi connectivity index (χ1n) is 5.30. The molecule has 1 aromatic rings. The number of hydrogen-bond acceptors (Lipinski definition) is 4. The molecular formula is C12H10Cl2N2O3. The van der Waals surface area contributed by atoms with E-state index in [1.807, 2.05) is 6.07 Å². The van der Waals surface area contributed by atoms with Gasteiger partial charge in [0.25, 0.3) is 5.91 Å². The van der Waals surface area contributed by atoms with Crippen molar-refractivity contribution in [1.82, 2.24) is 5.32 Å². The molecule has 0 saturated carbocycles. The van der Waals surface area contributed by atoms with Crippen molar-refractivity contribution in [3.63, 3.8) is 0 Å². The van der Waals surface area contributed by atoms with Crippen LogP contribution in [0.1, 0.15) is 16.8 Å². The van der Waals surface area contributed by atoms with E-state index in [2.05, 4.69) is 5.32 Å². The first-order valence-corrected chi connectivity index (χ1v) is 6.06. The van der Waals surface area contributed by atoms with E-state index in [4.69, 9.17) is 33.2 Å². The van der Waals surface area contributed by atoms with Crippen molar-refractivity contribution in [2.75, 3.05) is 13.2 Å². The number of nitrogens with zero attached hydrogens (tertiary/aromatic N) is 1. The highest BCUT2D eigenvalue weighted by molar-refractivity contribution is 6.42. The van der Waals surface area contributed by atoms with Crippen LogP contribution in [-0.2, 0) is 9.53 Å². The predicted octanol–water partition coefficient (Wildman–Crippen LogP) is 2.18. The summed E-state index contributed by atoms with van der Waals surface area (Å²) in [6.07, 6.45) is 0.201. The number of amides is 1. The summed E-state index contributed by atoms with van der Waals surface area (Å²) >= 11 is 11.5. The van der Waals surface area contributed by atoms with Crippen LogP contribution in [0.3, 0.4) is 0 Å². The zero-order valence-corrected chi connectivity index (χ0v) is 11.3. The third-order valence-corrected chi connectivity index (χ3v) is 2.79. The Bertz CT molecular complexity index is 526. The Morgan fingerprint density at radius 2 is 2.05 bits per heavy atom. The molecule has 0 aliphatic rings. The molecule has 1 N–H and O–H groups in total. The zero-order valence-electron chi connectivity index (χ0n) is 9.78. The van der Waals surface area contributed by atoms with Gasteiger partial charge in [-0.05, 0) is 18.2 Å². The second-order valence-electron chi connectivity index (χ2n) is 3.46. The van der Waals surface area contributed by atoms with Crippen LogP contribution in [0.4, 0.5) is 0 Å². The molecule has 5 nitrogen and oxygen atoms in total. The predicted molar refractivity (Wildman–Crippen MR) is 70.0 cm³/mol. The topological polar surface area (TPSA) is 79.2 Å². The fourth-order valence-corrected chi connectivity index (χ4v) is 1.44. The Hall–Kier alpha value is -1.77. The van der Waals surface area contributed by atoms with Crippen LogP contribution in [0.2, 0.25) is 10.0 Å². The number of hydrogen-bond donors (Lipinski definition) is 1. The number of halogens is 2. The molecule has 1 amide bonds. The van der Waals surface area contributed by atoms with E-state index in [-0.39, 0.29) is 23.6 Å². The van der Waals surface area contributed by atoms with E-state index >= 15 is 0 Å². The lowest BCUT2D eigenvalue weighted by molar-refractivity contribution is -0.124. The van der Waals surface area contributed by atoms with E-state index in [1.165, 1.54) is 18.2 Å². The van der Waals surface area contributed by atoms with Gasteiger partial charge in [0.1, 0.15) is 0 Å². The largest absolute Gasteiger partial charge is 0.452 e. The van der Waals surface area contributed by atoms with Gasteiger partial charge in [-0.15, -0.1) is 0 Å². The van der Waals surface area contributed by atoms with E-state index in [9.17, 15) is 9.59 Å². The number of carbonyl (C=O) groups excluding carboxylic acids is 2.